The summed E-state index contributed by atoms with van der Waals surface area (Å²) in [5.41, 5.74) is 1.51. The third kappa shape index (κ3) is 3.92. The second-order valence-corrected chi connectivity index (χ2v) is 6.23. The van der Waals surface area contributed by atoms with Gasteiger partial charge >= 0.3 is 0 Å². The Morgan fingerprint density at radius 2 is 2.08 bits per heavy atom. The number of H-pyrrole nitrogens is 1. The Morgan fingerprint density at radius 3 is 2.84 bits per heavy atom. The smallest absolute Gasteiger partial charge is 0.216 e. The molecule has 0 atom stereocenters. The monoisotopic (exact) mass is 392 g/mol. The number of para-hydroxylation sites is 1. The van der Waals surface area contributed by atoms with Gasteiger partial charge in [-0.2, -0.15) is 14.9 Å². The fourth-order valence-electron chi connectivity index (χ4n) is 2.24. The Hall–Kier alpha value is -2.15. The summed E-state index contributed by atoms with van der Waals surface area (Å²) < 4.78 is 7.46. The Balaban J connectivity index is 2.02. The highest BCUT2D eigenvalue weighted by Gasteiger charge is 2.12. The lowest BCUT2D eigenvalue weighted by Gasteiger charge is -2.06. The molecule has 0 unspecified atom stereocenters. The lowest BCUT2D eigenvalue weighted by molar-refractivity contribution is 0.340. The van der Waals surface area contributed by atoms with Crippen molar-refractivity contribution >= 4 is 41.6 Å². The molecule has 128 valence electrons. The second-order valence-electron chi connectivity index (χ2n) is 5.00. The molecule has 0 aliphatic rings. The molecular weight excluding hydrogens is 379 g/mol. The van der Waals surface area contributed by atoms with Crippen LogP contribution >= 0.6 is 35.4 Å². The molecule has 8 heteroatoms. The molecule has 0 bridgehead atoms. The van der Waals surface area contributed by atoms with Gasteiger partial charge < -0.3 is 4.74 Å². The van der Waals surface area contributed by atoms with Crippen LogP contribution in [-0.4, -0.2) is 27.7 Å². The van der Waals surface area contributed by atoms with Crippen molar-refractivity contribution in [2.24, 2.45) is 5.10 Å². The molecule has 2 aromatic carbocycles. The van der Waals surface area contributed by atoms with E-state index in [0.29, 0.717) is 32.8 Å². The number of aromatic nitrogens is 3. The molecule has 0 fully saturated rings. The molecule has 25 heavy (non-hydrogen) atoms. The zero-order valence-corrected chi connectivity index (χ0v) is 15.6. The lowest BCUT2D eigenvalue weighted by Crippen LogP contribution is -1.98. The molecule has 3 rings (SSSR count). The van der Waals surface area contributed by atoms with Crippen LogP contribution in [0, 0.1) is 4.77 Å². The summed E-state index contributed by atoms with van der Waals surface area (Å²) in [6, 6.07) is 12.8. The maximum Gasteiger partial charge on any atom is 0.216 e. The molecule has 3 aromatic rings. The molecule has 0 saturated carbocycles. The number of nitrogens with zero attached hydrogens (tertiary/aromatic N) is 3. The van der Waals surface area contributed by atoms with E-state index in [1.807, 2.05) is 31.2 Å². The lowest BCUT2D eigenvalue weighted by atomic mass is 10.2. The van der Waals surface area contributed by atoms with Gasteiger partial charge in [0.2, 0.25) is 4.77 Å². The van der Waals surface area contributed by atoms with Gasteiger partial charge in [0.15, 0.2) is 5.82 Å². The summed E-state index contributed by atoms with van der Waals surface area (Å²) in [7, 11) is 0. The van der Waals surface area contributed by atoms with Crippen molar-refractivity contribution in [1.82, 2.24) is 14.9 Å². The van der Waals surface area contributed by atoms with E-state index in [4.69, 9.17) is 40.2 Å². The molecule has 0 spiro atoms. The summed E-state index contributed by atoms with van der Waals surface area (Å²) in [6.45, 7) is 2.50. The maximum atomic E-state index is 6.27. The van der Waals surface area contributed by atoms with E-state index in [1.165, 1.54) is 4.68 Å². The van der Waals surface area contributed by atoms with Gasteiger partial charge in [0, 0.05) is 16.1 Å². The van der Waals surface area contributed by atoms with Crippen LogP contribution in [0.2, 0.25) is 10.0 Å². The van der Waals surface area contributed by atoms with Crippen molar-refractivity contribution in [2.45, 2.75) is 6.92 Å². The van der Waals surface area contributed by atoms with Crippen molar-refractivity contribution in [3.05, 3.63) is 62.8 Å². The summed E-state index contributed by atoms with van der Waals surface area (Å²) >= 11 is 17.5. The largest absolute Gasteiger partial charge is 0.493 e. The Bertz CT molecular complexity index is 981. The number of hydrogen-bond acceptors (Lipinski definition) is 4. The Labute approximate surface area is 159 Å². The topological polar surface area (TPSA) is 55.2 Å². The van der Waals surface area contributed by atoms with E-state index in [2.05, 4.69) is 15.3 Å². The number of ether oxygens (including phenoxy) is 1. The highest BCUT2D eigenvalue weighted by atomic mass is 35.5. The van der Waals surface area contributed by atoms with E-state index in [1.54, 1.807) is 24.4 Å². The third-order valence-corrected chi connectivity index (χ3v) is 4.17. The molecule has 1 heterocycles. The summed E-state index contributed by atoms with van der Waals surface area (Å²) in [5.74, 6) is 1.24. The molecule has 0 aliphatic heterocycles. The van der Waals surface area contributed by atoms with Gasteiger partial charge in [-0.05, 0) is 49.5 Å². The van der Waals surface area contributed by atoms with Gasteiger partial charge in [0.1, 0.15) is 5.75 Å². The van der Waals surface area contributed by atoms with E-state index < -0.39 is 0 Å². The minimum atomic E-state index is 0.353. The molecule has 0 amide bonds. The highest BCUT2D eigenvalue weighted by molar-refractivity contribution is 7.71. The standard InChI is InChI=1S/C17H14Cl2N4OS/c1-2-24-15-6-4-3-5-11(15)10-20-23-16(21-22-17(23)25)13-8-7-12(18)9-14(13)19/h3-10H,2H2,1H3,(H,22,25). The van der Waals surface area contributed by atoms with E-state index >= 15 is 0 Å². The number of halogens is 2. The van der Waals surface area contributed by atoms with Crippen LogP contribution in [0.3, 0.4) is 0 Å². The first-order valence-electron chi connectivity index (χ1n) is 7.49. The zero-order valence-electron chi connectivity index (χ0n) is 13.2. The molecular formula is C17H14Cl2N4OS. The van der Waals surface area contributed by atoms with E-state index in [9.17, 15) is 0 Å². The first-order valence-corrected chi connectivity index (χ1v) is 8.65. The molecule has 0 aliphatic carbocycles. The number of rotatable bonds is 5. The van der Waals surface area contributed by atoms with Crippen LogP contribution in [-0.2, 0) is 0 Å². The predicted octanol–water partition coefficient (Wildman–Crippen LogP) is 5.20. The van der Waals surface area contributed by atoms with Crippen molar-refractivity contribution in [2.75, 3.05) is 6.61 Å². The molecule has 1 N–H and O–H groups in total. The normalized spacial score (nSPS) is 11.2. The summed E-state index contributed by atoms with van der Waals surface area (Å²) in [4.78, 5) is 0. The minimum absolute atomic E-state index is 0.353. The minimum Gasteiger partial charge on any atom is -0.493 e. The van der Waals surface area contributed by atoms with Crippen LogP contribution < -0.4 is 4.74 Å². The summed E-state index contributed by atoms with van der Waals surface area (Å²) in [6.07, 6.45) is 1.67. The average Bonchev–Trinajstić information content (AvgIpc) is 2.95. The van der Waals surface area contributed by atoms with Crippen LogP contribution in [0.1, 0.15) is 12.5 Å². The highest BCUT2D eigenvalue weighted by Crippen LogP contribution is 2.29. The van der Waals surface area contributed by atoms with Gasteiger partial charge in [-0.1, -0.05) is 35.3 Å². The van der Waals surface area contributed by atoms with Crippen LogP contribution in [0.5, 0.6) is 5.75 Å². The Morgan fingerprint density at radius 1 is 1.28 bits per heavy atom. The SMILES string of the molecule is CCOc1ccccc1C=Nn1c(-c2ccc(Cl)cc2Cl)n[nH]c1=S. The fourth-order valence-corrected chi connectivity index (χ4v) is 2.91. The predicted molar refractivity (Wildman–Crippen MR) is 103 cm³/mol. The molecule has 0 saturated heterocycles. The first-order chi connectivity index (χ1) is 12.1. The van der Waals surface area contributed by atoms with Crippen LogP contribution in [0.25, 0.3) is 11.4 Å². The van der Waals surface area contributed by atoms with Gasteiger partial charge in [-0.15, -0.1) is 0 Å². The van der Waals surface area contributed by atoms with Gasteiger partial charge in [0.05, 0.1) is 17.8 Å². The number of hydrogen-bond donors (Lipinski definition) is 1. The number of nitrogens with one attached hydrogen (secondary N) is 1. The van der Waals surface area contributed by atoms with Crippen LogP contribution in [0.15, 0.2) is 47.6 Å². The van der Waals surface area contributed by atoms with Crippen molar-refractivity contribution in [3.63, 3.8) is 0 Å². The van der Waals surface area contributed by atoms with Crippen molar-refractivity contribution in [3.8, 4) is 17.1 Å². The van der Waals surface area contributed by atoms with E-state index in [-0.39, 0.29) is 0 Å². The van der Waals surface area contributed by atoms with Gasteiger partial charge in [-0.25, -0.2) is 5.10 Å². The zero-order chi connectivity index (χ0) is 17.8. The first kappa shape index (κ1) is 17.7. The van der Waals surface area contributed by atoms with Gasteiger partial charge in [-0.3, -0.25) is 0 Å². The van der Waals surface area contributed by atoms with Crippen molar-refractivity contribution < 1.29 is 4.74 Å². The number of aromatic amines is 1. The Kier molecular flexibility index (Phi) is 5.53. The maximum absolute atomic E-state index is 6.27. The second kappa shape index (κ2) is 7.82. The van der Waals surface area contributed by atoms with E-state index in [0.717, 1.165) is 11.3 Å². The van der Waals surface area contributed by atoms with Gasteiger partial charge in [0.25, 0.3) is 0 Å². The molecule has 1 aromatic heterocycles. The third-order valence-electron chi connectivity index (χ3n) is 3.35. The quantitative estimate of drug-likeness (QED) is 0.479. The molecule has 0 radical (unpaired) electrons. The van der Waals surface area contributed by atoms with Crippen molar-refractivity contribution in [1.29, 1.82) is 0 Å². The fraction of sp³-hybridized carbons (Fsp3) is 0.118. The average molecular weight is 393 g/mol. The summed E-state index contributed by atoms with van der Waals surface area (Å²) in [5, 5.41) is 12.4. The van der Waals surface area contributed by atoms with Crippen LogP contribution in [0.4, 0.5) is 0 Å². The molecule has 5 nitrogen and oxygen atoms in total. The number of benzene rings is 2.